The molecule has 3 aliphatic heterocycles. The van der Waals surface area contributed by atoms with Crippen LogP contribution in [0.15, 0.2) is 0 Å². The molecule has 0 radical (unpaired) electrons. The molecule has 0 aliphatic carbocycles. The molecule has 4 unspecified atom stereocenters. The number of ether oxygens (including phenoxy) is 2. The summed E-state index contributed by atoms with van der Waals surface area (Å²) >= 11 is 0. The fourth-order valence-corrected chi connectivity index (χ4v) is 2.72. The highest BCUT2D eigenvalue weighted by atomic mass is 19.4. The lowest BCUT2D eigenvalue weighted by atomic mass is 9.74. The van der Waals surface area contributed by atoms with Crippen LogP contribution in [0, 0.1) is 5.41 Å². The Morgan fingerprint density at radius 2 is 2.14 bits per heavy atom. The first-order valence-electron chi connectivity index (χ1n) is 4.38. The molecule has 0 amide bonds. The van der Waals surface area contributed by atoms with Gasteiger partial charge in [-0.1, -0.05) is 0 Å². The molecule has 2 bridgehead atoms. The van der Waals surface area contributed by atoms with E-state index in [1.165, 1.54) is 0 Å². The minimum absolute atomic E-state index is 0.267. The second kappa shape index (κ2) is 2.08. The molecule has 78 valence electrons. The number of rotatable bonds is 0. The largest absolute Gasteiger partial charge is 0.459 e. The zero-order valence-corrected chi connectivity index (χ0v) is 7.00. The highest BCUT2D eigenvalue weighted by Crippen LogP contribution is 2.61. The average Bonchev–Trinajstić information content (AvgIpc) is 2.59. The van der Waals surface area contributed by atoms with Crippen molar-refractivity contribution in [2.75, 3.05) is 0 Å². The Kier molecular flexibility index (Phi) is 1.26. The van der Waals surface area contributed by atoms with Crippen LogP contribution >= 0.6 is 0 Å². The summed E-state index contributed by atoms with van der Waals surface area (Å²) in [4.78, 5) is 11.2. The minimum atomic E-state index is -4.56. The third-order valence-electron chi connectivity index (χ3n) is 3.34. The molecule has 3 heterocycles. The number of fused-ring (bicyclic) bond motifs is 1. The van der Waals surface area contributed by atoms with Crippen molar-refractivity contribution in [3.63, 3.8) is 0 Å². The van der Waals surface area contributed by atoms with Gasteiger partial charge in [-0.25, -0.2) is 0 Å². The average molecular weight is 208 g/mol. The van der Waals surface area contributed by atoms with Crippen LogP contribution < -0.4 is 0 Å². The third kappa shape index (κ3) is 0.690. The van der Waals surface area contributed by atoms with E-state index < -0.39 is 35.9 Å². The van der Waals surface area contributed by atoms with Gasteiger partial charge in [0.2, 0.25) is 0 Å². The normalized spacial score (nSPS) is 49.9. The molecule has 14 heavy (non-hydrogen) atoms. The first-order chi connectivity index (χ1) is 6.45. The molecule has 0 aromatic heterocycles. The first kappa shape index (κ1) is 8.52. The predicted octanol–water partition coefficient (Wildman–Crippen LogP) is 1.02. The van der Waals surface area contributed by atoms with E-state index in [9.17, 15) is 18.0 Å². The van der Waals surface area contributed by atoms with Crippen molar-refractivity contribution in [3.8, 4) is 0 Å². The van der Waals surface area contributed by atoms with Crippen LogP contribution in [0.25, 0.3) is 0 Å². The fraction of sp³-hybridized carbons (Fsp3) is 0.875. The highest BCUT2D eigenvalue weighted by molar-refractivity contribution is 5.82. The van der Waals surface area contributed by atoms with Gasteiger partial charge in [0.05, 0.1) is 6.10 Å². The molecular formula is C8H7F3O3. The monoisotopic (exact) mass is 208 g/mol. The standard InChI is InChI=1S/C8H7F3O3/c9-8(10,11)7-2-3-1-4(5(7)13-3)14-6(7)12/h3-5H,1-2H2. The summed E-state index contributed by atoms with van der Waals surface area (Å²) in [6, 6.07) is 0. The second-order valence-corrected chi connectivity index (χ2v) is 4.03. The number of hydrogen-bond donors (Lipinski definition) is 0. The Morgan fingerprint density at radius 1 is 1.43 bits per heavy atom. The molecule has 3 saturated heterocycles. The van der Waals surface area contributed by atoms with Crippen molar-refractivity contribution >= 4 is 5.97 Å². The molecule has 0 aromatic rings. The molecule has 0 aromatic carbocycles. The summed E-state index contributed by atoms with van der Waals surface area (Å²) in [5.74, 6) is -1.15. The zero-order valence-electron chi connectivity index (χ0n) is 7.00. The van der Waals surface area contributed by atoms with Gasteiger partial charge in [0.25, 0.3) is 0 Å². The van der Waals surface area contributed by atoms with Crippen molar-refractivity contribution < 1.29 is 27.4 Å². The van der Waals surface area contributed by atoms with Crippen LogP contribution in [0.2, 0.25) is 0 Å². The van der Waals surface area contributed by atoms with Crippen molar-refractivity contribution in [2.24, 2.45) is 5.41 Å². The predicted molar refractivity (Wildman–Crippen MR) is 36.3 cm³/mol. The van der Waals surface area contributed by atoms with Crippen molar-refractivity contribution in [3.05, 3.63) is 0 Å². The topological polar surface area (TPSA) is 35.5 Å². The lowest BCUT2D eigenvalue weighted by molar-refractivity contribution is -0.227. The highest BCUT2D eigenvalue weighted by Gasteiger charge is 2.79. The summed E-state index contributed by atoms with van der Waals surface area (Å²) in [6.07, 6.45) is -6.65. The van der Waals surface area contributed by atoms with Crippen LogP contribution in [0.5, 0.6) is 0 Å². The SMILES string of the molecule is O=C1OC2CC3CC1(C(F)(F)F)C2O3. The van der Waals surface area contributed by atoms with E-state index in [0.717, 1.165) is 0 Å². The van der Waals surface area contributed by atoms with Crippen LogP contribution in [0.3, 0.4) is 0 Å². The quantitative estimate of drug-likeness (QED) is 0.557. The lowest BCUT2D eigenvalue weighted by Crippen LogP contribution is -2.48. The maximum Gasteiger partial charge on any atom is 0.407 e. The van der Waals surface area contributed by atoms with E-state index >= 15 is 0 Å². The van der Waals surface area contributed by atoms with Crippen molar-refractivity contribution in [2.45, 2.75) is 37.3 Å². The van der Waals surface area contributed by atoms with Crippen LogP contribution in [-0.4, -0.2) is 30.5 Å². The third-order valence-corrected chi connectivity index (χ3v) is 3.34. The van der Waals surface area contributed by atoms with Crippen LogP contribution in [0.1, 0.15) is 12.8 Å². The van der Waals surface area contributed by atoms with Gasteiger partial charge < -0.3 is 9.47 Å². The van der Waals surface area contributed by atoms with Gasteiger partial charge in [0.15, 0.2) is 5.41 Å². The molecule has 3 aliphatic rings. The Morgan fingerprint density at radius 3 is 2.64 bits per heavy atom. The molecule has 3 nitrogen and oxygen atoms in total. The molecule has 0 saturated carbocycles. The van der Waals surface area contributed by atoms with E-state index in [2.05, 4.69) is 4.74 Å². The Bertz CT molecular complexity index is 313. The fourth-order valence-electron chi connectivity index (χ4n) is 2.72. The van der Waals surface area contributed by atoms with Gasteiger partial charge in [-0.3, -0.25) is 4.79 Å². The maximum atomic E-state index is 12.8. The van der Waals surface area contributed by atoms with Crippen molar-refractivity contribution in [1.29, 1.82) is 0 Å². The van der Waals surface area contributed by atoms with Gasteiger partial charge in [-0.15, -0.1) is 0 Å². The summed E-state index contributed by atoms with van der Waals surface area (Å²) in [7, 11) is 0. The first-order valence-corrected chi connectivity index (χ1v) is 4.38. The van der Waals surface area contributed by atoms with Gasteiger partial charge in [-0.2, -0.15) is 13.2 Å². The molecular weight excluding hydrogens is 201 g/mol. The smallest absolute Gasteiger partial charge is 0.407 e. The number of esters is 1. The number of carbonyl (C=O) groups excluding carboxylic acids is 1. The summed E-state index contributed by atoms with van der Waals surface area (Å²) in [6.45, 7) is 0. The Hall–Kier alpha value is -0.780. The molecule has 0 N–H and O–H groups in total. The van der Waals surface area contributed by atoms with Gasteiger partial charge in [0.1, 0.15) is 12.2 Å². The summed E-state index contributed by atoms with van der Waals surface area (Å²) < 4.78 is 48.1. The molecule has 4 atom stereocenters. The molecule has 3 rings (SSSR count). The number of hydrogen-bond acceptors (Lipinski definition) is 3. The van der Waals surface area contributed by atoms with E-state index in [1.54, 1.807) is 0 Å². The van der Waals surface area contributed by atoms with Crippen molar-refractivity contribution in [1.82, 2.24) is 0 Å². The van der Waals surface area contributed by atoms with E-state index in [-0.39, 0.29) is 6.42 Å². The molecule has 6 heteroatoms. The van der Waals surface area contributed by atoms with Crippen LogP contribution in [0.4, 0.5) is 13.2 Å². The molecule has 3 fully saturated rings. The minimum Gasteiger partial charge on any atom is -0.459 e. The Balaban J connectivity index is 2.11. The van der Waals surface area contributed by atoms with E-state index in [0.29, 0.717) is 6.42 Å². The number of halogens is 3. The lowest BCUT2D eigenvalue weighted by Gasteiger charge is -2.27. The van der Waals surface area contributed by atoms with Gasteiger partial charge >= 0.3 is 12.1 Å². The Labute approximate surface area is 77.2 Å². The van der Waals surface area contributed by atoms with E-state index in [1.807, 2.05) is 0 Å². The number of carbonyl (C=O) groups is 1. The summed E-state index contributed by atoms with van der Waals surface area (Å²) in [5.41, 5.74) is -2.36. The molecule has 0 spiro atoms. The van der Waals surface area contributed by atoms with E-state index in [4.69, 9.17) is 4.74 Å². The maximum absolute atomic E-state index is 12.8. The van der Waals surface area contributed by atoms with Gasteiger partial charge in [0, 0.05) is 12.8 Å². The van der Waals surface area contributed by atoms with Gasteiger partial charge in [-0.05, 0) is 0 Å². The number of alkyl halides is 3. The zero-order chi connectivity index (χ0) is 10.1. The summed E-state index contributed by atoms with van der Waals surface area (Å²) in [5, 5.41) is 0. The second-order valence-electron chi connectivity index (χ2n) is 4.03. The van der Waals surface area contributed by atoms with Crippen LogP contribution in [-0.2, 0) is 14.3 Å².